The number of imidazole rings is 1. The minimum atomic E-state index is -0.542. The molecular formula is C29H27N5O2. The van der Waals surface area contributed by atoms with Crippen molar-refractivity contribution in [3.8, 4) is 11.8 Å². The molecule has 3 aromatic rings. The minimum absolute atomic E-state index is 0.00193. The number of rotatable bonds is 4. The van der Waals surface area contributed by atoms with Crippen LogP contribution >= 0.6 is 0 Å². The second-order valence-electron chi connectivity index (χ2n) is 9.15. The number of benzene rings is 1. The summed E-state index contributed by atoms with van der Waals surface area (Å²) < 4.78 is 4.13. The first kappa shape index (κ1) is 23.3. The molecule has 7 nitrogen and oxygen atoms in total. The number of hydrogen-bond acceptors (Lipinski definition) is 4. The van der Waals surface area contributed by atoms with E-state index < -0.39 is 11.8 Å². The van der Waals surface area contributed by atoms with Crippen LogP contribution in [0.5, 0.6) is 0 Å². The molecule has 1 atom stereocenters. The largest absolute Gasteiger partial charge is 0.329 e. The highest BCUT2D eigenvalue weighted by Gasteiger charge is 2.35. The van der Waals surface area contributed by atoms with Gasteiger partial charge in [-0.15, -0.1) is 0 Å². The van der Waals surface area contributed by atoms with Gasteiger partial charge in [-0.2, -0.15) is 5.26 Å². The summed E-state index contributed by atoms with van der Waals surface area (Å²) in [6.07, 6.45) is 9.22. The standard InChI is InChI=1S/C29H27N5O2/c1-5-33-28(35)23(19(3)24(17-30)29(33)36)15-22-16-25-27(34(22)21-9-7-6-8-10-21)31-26(32(25)4)20-13-11-18(2)12-14-20/h6-13,15-16,20H,5,14H2,1-4H3/b23-15-. The SMILES string of the molecule is CCN1C(=O)C(C#N)=C(C)/C(=C/c2cc3c(nc(C4C=CC(C)=CC4)n3C)n2-c2ccccc2)C1=O. The lowest BCUT2D eigenvalue weighted by Gasteiger charge is -2.26. The number of imide groups is 1. The second-order valence-corrected chi connectivity index (χ2v) is 9.15. The summed E-state index contributed by atoms with van der Waals surface area (Å²) in [6.45, 7) is 5.68. The zero-order chi connectivity index (χ0) is 25.6. The predicted octanol–water partition coefficient (Wildman–Crippen LogP) is 4.97. The molecule has 1 aromatic carbocycles. The zero-order valence-corrected chi connectivity index (χ0v) is 20.8. The lowest BCUT2D eigenvalue weighted by Crippen LogP contribution is -2.42. The molecule has 0 radical (unpaired) electrons. The summed E-state index contributed by atoms with van der Waals surface area (Å²) >= 11 is 0. The van der Waals surface area contributed by atoms with E-state index >= 15 is 0 Å². The average Bonchev–Trinajstić information content (AvgIpc) is 3.39. The van der Waals surface area contributed by atoms with Crippen LogP contribution in [0.15, 0.2) is 76.9 Å². The highest BCUT2D eigenvalue weighted by atomic mass is 16.2. The molecule has 3 heterocycles. The van der Waals surface area contributed by atoms with Crippen LogP contribution in [0, 0.1) is 11.3 Å². The van der Waals surface area contributed by atoms with E-state index in [1.54, 1.807) is 19.9 Å². The molecule has 2 aliphatic rings. The van der Waals surface area contributed by atoms with Crippen LogP contribution < -0.4 is 0 Å². The summed E-state index contributed by atoms with van der Waals surface area (Å²) in [7, 11) is 2.01. The maximum atomic E-state index is 13.2. The van der Waals surface area contributed by atoms with Gasteiger partial charge in [0.25, 0.3) is 11.8 Å². The fourth-order valence-corrected chi connectivity index (χ4v) is 4.94. The van der Waals surface area contributed by atoms with Crippen molar-refractivity contribution < 1.29 is 9.59 Å². The van der Waals surface area contributed by atoms with Gasteiger partial charge in [0.2, 0.25) is 0 Å². The Morgan fingerprint density at radius 3 is 2.56 bits per heavy atom. The third-order valence-corrected chi connectivity index (χ3v) is 6.97. The Labute approximate surface area is 210 Å². The van der Waals surface area contributed by atoms with Gasteiger partial charge in [0.1, 0.15) is 17.5 Å². The number of para-hydroxylation sites is 1. The lowest BCUT2D eigenvalue weighted by molar-refractivity contribution is -0.140. The van der Waals surface area contributed by atoms with Crippen LogP contribution in [-0.2, 0) is 16.6 Å². The van der Waals surface area contributed by atoms with Gasteiger partial charge < -0.3 is 4.57 Å². The van der Waals surface area contributed by atoms with Gasteiger partial charge in [-0.25, -0.2) is 4.98 Å². The Balaban J connectivity index is 1.73. The summed E-state index contributed by atoms with van der Waals surface area (Å²) in [4.78, 5) is 32.1. The van der Waals surface area contributed by atoms with Gasteiger partial charge in [-0.3, -0.25) is 19.1 Å². The number of aromatic nitrogens is 3. The molecule has 2 amide bonds. The molecule has 5 rings (SSSR count). The number of fused-ring (bicyclic) bond motifs is 1. The molecule has 7 heteroatoms. The number of amides is 2. The molecule has 0 N–H and O–H groups in total. The maximum Gasteiger partial charge on any atom is 0.271 e. The molecule has 2 aromatic heterocycles. The van der Waals surface area contributed by atoms with Gasteiger partial charge in [0.05, 0.1) is 11.2 Å². The Hall–Kier alpha value is -4.44. The maximum absolute atomic E-state index is 13.2. The first-order chi connectivity index (χ1) is 17.3. The lowest BCUT2D eigenvalue weighted by atomic mass is 9.94. The number of nitriles is 1. The Morgan fingerprint density at radius 1 is 1.17 bits per heavy atom. The van der Waals surface area contributed by atoms with Crippen LogP contribution in [0.2, 0.25) is 0 Å². The number of carbonyl (C=O) groups excluding carboxylic acids is 2. The highest BCUT2D eigenvalue weighted by molar-refractivity contribution is 6.19. The van der Waals surface area contributed by atoms with Crippen molar-refractivity contribution >= 4 is 29.1 Å². The van der Waals surface area contributed by atoms with E-state index in [9.17, 15) is 14.9 Å². The third kappa shape index (κ3) is 3.62. The van der Waals surface area contributed by atoms with Crippen molar-refractivity contribution in [3.05, 3.63) is 88.4 Å². The molecule has 1 unspecified atom stereocenters. The predicted molar refractivity (Wildman–Crippen MR) is 139 cm³/mol. The minimum Gasteiger partial charge on any atom is -0.329 e. The quantitative estimate of drug-likeness (QED) is 0.392. The van der Waals surface area contributed by atoms with Gasteiger partial charge in [0.15, 0.2) is 5.65 Å². The normalized spacial score (nSPS) is 19.4. The summed E-state index contributed by atoms with van der Waals surface area (Å²) in [5.41, 5.74) is 5.37. The average molecular weight is 478 g/mol. The molecule has 1 aliphatic carbocycles. The van der Waals surface area contributed by atoms with Gasteiger partial charge >= 0.3 is 0 Å². The molecule has 180 valence electrons. The topological polar surface area (TPSA) is 83.9 Å². The van der Waals surface area contributed by atoms with Crippen molar-refractivity contribution in [2.45, 2.75) is 33.1 Å². The van der Waals surface area contributed by atoms with E-state index in [2.05, 4.69) is 29.7 Å². The zero-order valence-electron chi connectivity index (χ0n) is 20.8. The van der Waals surface area contributed by atoms with Crippen molar-refractivity contribution in [1.82, 2.24) is 19.0 Å². The van der Waals surface area contributed by atoms with Gasteiger partial charge in [-0.05, 0) is 57.0 Å². The highest BCUT2D eigenvalue weighted by Crippen LogP contribution is 2.33. The number of hydrogen-bond donors (Lipinski definition) is 0. The fourth-order valence-electron chi connectivity index (χ4n) is 4.94. The number of aryl methyl sites for hydroxylation is 1. The van der Waals surface area contributed by atoms with Crippen LogP contribution in [0.3, 0.4) is 0 Å². The monoisotopic (exact) mass is 477 g/mol. The van der Waals surface area contributed by atoms with Gasteiger partial charge in [0, 0.05) is 30.8 Å². The molecule has 0 spiro atoms. The van der Waals surface area contributed by atoms with E-state index in [4.69, 9.17) is 4.98 Å². The number of nitrogens with zero attached hydrogens (tertiary/aromatic N) is 5. The number of carbonyl (C=O) groups is 2. The van der Waals surface area contributed by atoms with Crippen molar-refractivity contribution in [3.63, 3.8) is 0 Å². The van der Waals surface area contributed by atoms with E-state index in [1.807, 2.05) is 54.1 Å². The first-order valence-corrected chi connectivity index (χ1v) is 12.0. The molecular weight excluding hydrogens is 450 g/mol. The van der Waals surface area contributed by atoms with E-state index in [0.29, 0.717) is 11.1 Å². The molecule has 36 heavy (non-hydrogen) atoms. The Bertz CT molecular complexity index is 1570. The summed E-state index contributed by atoms with van der Waals surface area (Å²) in [5, 5.41) is 9.61. The van der Waals surface area contributed by atoms with Crippen LogP contribution in [-0.4, -0.2) is 37.4 Å². The molecule has 0 saturated carbocycles. The van der Waals surface area contributed by atoms with E-state index in [-0.39, 0.29) is 18.0 Å². The number of likely N-dealkylation sites (N-methyl/N-ethyl adjacent to an activating group) is 1. The third-order valence-electron chi connectivity index (χ3n) is 6.97. The van der Waals surface area contributed by atoms with Gasteiger partial charge in [-0.1, -0.05) is 42.0 Å². The van der Waals surface area contributed by atoms with Crippen molar-refractivity contribution in [2.75, 3.05) is 6.54 Å². The molecule has 0 fully saturated rings. The fraction of sp³-hybridized carbons (Fsp3) is 0.241. The van der Waals surface area contributed by atoms with Crippen LogP contribution in [0.4, 0.5) is 0 Å². The Kier molecular flexibility index (Phi) is 5.81. The molecule has 1 aliphatic heterocycles. The van der Waals surface area contributed by atoms with Crippen LogP contribution in [0.1, 0.15) is 44.6 Å². The Morgan fingerprint density at radius 2 is 1.92 bits per heavy atom. The summed E-state index contributed by atoms with van der Waals surface area (Å²) in [5.74, 6) is 0.221. The second kappa shape index (κ2) is 8.97. The van der Waals surface area contributed by atoms with Crippen molar-refractivity contribution in [2.24, 2.45) is 7.05 Å². The van der Waals surface area contributed by atoms with E-state index in [1.165, 1.54) is 5.57 Å². The molecule has 0 saturated heterocycles. The van der Waals surface area contributed by atoms with Crippen molar-refractivity contribution in [1.29, 1.82) is 5.26 Å². The first-order valence-electron chi connectivity index (χ1n) is 12.0. The number of allylic oxidation sites excluding steroid dienone is 4. The van der Waals surface area contributed by atoms with Crippen LogP contribution in [0.25, 0.3) is 22.9 Å². The smallest absolute Gasteiger partial charge is 0.271 e. The summed E-state index contributed by atoms with van der Waals surface area (Å²) in [6, 6.07) is 13.9. The van der Waals surface area contributed by atoms with E-state index in [0.717, 1.165) is 39.7 Å². The molecule has 0 bridgehead atoms.